The molecule has 68 heavy (non-hydrogen) atoms. The topological polar surface area (TPSA) is 0 Å². The van der Waals surface area contributed by atoms with Crippen LogP contribution in [0.3, 0.4) is 0 Å². The summed E-state index contributed by atoms with van der Waals surface area (Å²) >= 11 is 0. The lowest BCUT2D eigenvalue weighted by molar-refractivity contribution is 0.484. The van der Waals surface area contributed by atoms with Crippen molar-refractivity contribution < 1.29 is 0 Å². The minimum atomic E-state index is -0.0796. The smallest absolute Gasteiger partial charge is 0.0207 e. The van der Waals surface area contributed by atoms with E-state index in [0.717, 1.165) is 45.3 Å². The highest BCUT2D eigenvalue weighted by Gasteiger charge is 2.37. The van der Waals surface area contributed by atoms with Gasteiger partial charge in [-0.1, -0.05) is 220 Å². The first-order chi connectivity index (χ1) is 33.8. The molecule has 0 bridgehead atoms. The summed E-state index contributed by atoms with van der Waals surface area (Å²) in [4.78, 5) is 0. The van der Waals surface area contributed by atoms with E-state index in [4.69, 9.17) is 0 Å². The van der Waals surface area contributed by atoms with Crippen molar-refractivity contribution in [2.24, 2.45) is 0 Å². The summed E-state index contributed by atoms with van der Waals surface area (Å²) < 4.78 is 0. The second-order valence-corrected chi connectivity index (χ2v) is 41.5. The first-order valence-corrected chi connectivity index (χ1v) is 41.5. The molecule has 0 aliphatic heterocycles. The molecule has 1 aromatic carbocycles. The summed E-state index contributed by atoms with van der Waals surface area (Å²) in [6, 6.07) is 11.3. The Bertz CT molecular complexity index is 1220. The van der Waals surface area contributed by atoms with Crippen molar-refractivity contribution in [2.45, 2.75) is 302 Å². The normalized spacial score (nSPS) is 25.3. The minimum Gasteiger partial charge on any atom is -0.1000 e. The van der Waals surface area contributed by atoms with Gasteiger partial charge in [0.1, 0.15) is 0 Å². The molecule has 8 fully saturated rings. The van der Waals surface area contributed by atoms with Gasteiger partial charge in [0.2, 0.25) is 0 Å². The maximum Gasteiger partial charge on any atom is -0.0207 e. The van der Waals surface area contributed by atoms with Crippen molar-refractivity contribution in [1.29, 1.82) is 0 Å². The fraction of sp³-hybridized carbons (Fsp3) is 0.903. The van der Waals surface area contributed by atoms with E-state index < -0.39 is 0 Å². The number of benzene rings is 1. The van der Waals surface area contributed by atoms with Gasteiger partial charge in [-0.25, -0.2) is 0 Å². The zero-order valence-corrected chi connectivity index (χ0v) is 49.9. The minimum absolute atomic E-state index is 0.0796. The predicted octanol–water partition coefficient (Wildman–Crippen LogP) is 20.5. The Labute approximate surface area is 431 Å². The van der Waals surface area contributed by atoms with Gasteiger partial charge < -0.3 is 0 Å². The van der Waals surface area contributed by atoms with Gasteiger partial charge in [0, 0.05) is 0 Å². The van der Waals surface area contributed by atoms with Crippen LogP contribution in [0.25, 0.3) is 0 Å². The Morgan fingerprint density at radius 3 is 0.588 bits per heavy atom. The lowest BCUT2D eigenvalue weighted by Crippen LogP contribution is -2.26. The van der Waals surface area contributed by atoms with Crippen molar-refractivity contribution in [2.75, 3.05) is 49.3 Å². The van der Waals surface area contributed by atoms with E-state index in [1.807, 2.05) is 10.6 Å². The van der Waals surface area contributed by atoms with E-state index in [1.54, 1.807) is 255 Å². The van der Waals surface area contributed by atoms with Crippen LogP contribution >= 0.6 is 47.5 Å². The maximum atomic E-state index is 3.05. The number of hydrogen-bond donors (Lipinski definition) is 0. The molecule has 0 unspecified atom stereocenters. The molecule has 1 aromatic rings. The standard InChI is InChI=1S/C62H108P6/c1-9-26-53(27-10-1)65(54-28-11-2-12-29-54)48-44-63(45-49-66(55-30-13-3-14-31-55)56-32-15-4-16-33-56)61-42-25-43-62(52-61)64(46-50-67(57-34-17-5-18-35-57)58-36-19-6-20-37-58)47-51-68(59-38-21-7-22-39-59)60-40-23-8-24-41-60/h25,42-43,52-60H,1-24,26-41,44-51H2. The van der Waals surface area contributed by atoms with E-state index in [1.165, 1.54) is 51.4 Å². The predicted molar refractivity (Wildman–Crippen MR) is 321 cm³/mol. The highest BCUT2D eigenvalue weighted by Crippen LogP contribution is 2.62. The number of hydrogen-bond acceptors (Lipinski definition) is 0. The van der Waals surface area contributed by atoms with E-state index in [2.05, 4.69) is 24.3 Å². The van der Waals surface area contributed by atoms with Gasteiger partial charge in [0.15, 0.2) is 0 Å². The highest BCUT2D eigenvalue weighted by atomic mass is 31.1. The molecule has 0 amide bonds. The van der Waals surface area contributed by atoms with Crippen molar-refractivity contribution >= 4 is 58.1 Å². The first kappa shape index (κ1) is 54.6. The Hall–Kier alpha value is 1.80. The molecule has 0 radical (unpaired) electrons. The van der Waals surface area contributed by atoms with Crippen molar-refractivity contribution in [1.82, 2.24) is 0 Å². The van der Waals surface area contributed by atoms with E-state index >= 15 is 0 Å². The second kappa shape index (κ2) is 30.5. The third kappa shape index (κ3) is 16.4. The molecule has 9 rings (SSSR count). The SMILES string of the molecule is c1cc(P(CCP(C2CCCCC2)C2CCCCC2)CCP(C2CCCCC2)C2CCCCC2)cc(P(CCP(C2CCCCC2)C2CCCCC2)CCP(C2CCCCC2)C2CCCCC2)c1. The van der Waals surface area contributed by atoms with Crippen LogP contribution in [0.15, 0.2) is 24.3 Å². The average molecular weight is 1040 g/mol. The van der Waals surface area contributed by atoms with Crippen LogP contribution < -0.4 is 10.6 Å². The van der Waals surface area contributed by atoms with E-state index in [0.29, 0.717) is 0 Å². The molecule has 386 valence electrons. The Morgan fingerprint density at radius 1 is 0.235 bits per heavy atom. The van der Waals surface area contributed by atoms with Crippen LogP contribution in [-0.2, 0) is 0 Å². The monoisotopic (exact) mass is 1040 g/mol. The second-order valence-electron chi connectivity index (χ2n) is 24.8. The Balaban J connectivity index is 1.00. The summed E-state index contributed by atoms with van der Waals surface area (Å²) in [6.07, 6.45) is 75.8. The maximum absolute atomic E-state index is 3.05. The molecule has 8 saturated carbocycles. The summed E-state index contributed by atoms with van der Waals surface area (Å²) in [5.74, 6) is 0. The zero-order valence-electron chi connectivity index (χ0n) is 44.6. The van der Waals surface area contributed by atoms with Crippen molar-refractivity contribution in [3.05, 3.63) is 24.3 Å². The molecule has 0 nitrogen and oxygen atoms in total. The van der Waals surface area contributed by atoms with Crippen molar-refractivity contribution in [3.63, 3.8) is 0 Å². The molecule has 0 spiro atoms. The fourth-order valence-corrected chi connectivity index (χ4v) is 40.4. The molecule has 0 aromatic heterocycles. The average Bonchev–Trinajstić information content (AvgIpc) is 3.42. The lowest BCUT2D eigenvalue weighted by Gasteiger charge is -2.41. The molecule has 0 atom stereocenters. The van der Waals surface area contributed by atoms with Crippen LogP contribution in [0.4, 0.5) is 0 Å². The lowest BCUT2D eigenvalue weighted by atomic mass is 9.99. The van der Waals surface area contributed by atoms with Gasteiger partial charge in [-0.05, 0) is 214 Å². The van der Waals surface area contributed by atoms with Crippen LogP contribution in [0.5, 0.6) is 0 Å². The van der Waals surface area contributed by atoms with Gasteiger partial charge in [0.05, 0.1) is 0 Å². The summed E-state index contributed by atoms with van der Waals surface area (Å²) in [5.41, 5.74) is 8.93. The fourth-order valence-electron chi connectivity index (χ4n) is 16.5. The highest BCUT2D eigenvalue weighted by molar-refractivity contribution is 7.70. The van der Waals surface area contributed by atoms with Crippen LogP contribution in [0.1, 0.15) is 257 Å². The van der Waals surface area contributed by atoms with Crippen LogP contribution in [0, 0.1) is 0 Å². The van der Waals surface area contributed by atoms with Gasteiger partial charge in [-0.3, -0.25) is 0 Å². The van der Waals surface area contributed by atoms with Gasteiger partial charge >= 0.3 is 0 Å². The molecule has 0 saturated heterocycles. The van der Waals surface area contributed by atoms with Gasteiger partial charge in [-0.15, -0.1) is 0 Å². The van der Waals surface area contributed by atoms with Crippen molar-refractivity contribution in [3.8, 4) is 0 Å². The quantitative estimate of drug-likeness (QED) is 0.102. The molecular formula is C62H108P6. The van der Waals surface area contributed by atoms with E-state index in [-0.39, 0.29) is 47.5 Å². The molecule has 8 aliphatic rings. The van der Waals surface area contributed by atoms with Gasteiger partial charge in [-0.2, -0.15) is 0 Å². The first-order valence-electron chi connectivity index (χ1n) is 31.4. The molecule has 0 heterocycles. The largest absolute Gasteiger partial charge is 0.1000 e. The van der Waals surface area contributed by atoms with Gasteiger partial charge in [0.25, 0.3) is 0 Å². The van der Waals surface area contributed by atoms with E-state index in [9.17, 15) is 0 Å². The van der Waals surface area contributed by atoms with Crippen LogP contribution in [0.2, 0.25) is 0 Å². The third-order valence-electron chi connectivity index (χ3n) is 20.4. The van der Waals surface area contributed by atoms with Crippen LogP contribution in [-0.4, -0.2) is 94.6 Å². The number of rotatable bonds is 22. The molecule has 8 aliphatic carbocycles. The molecule has 0 N–H and O–H groups in total. The molecular weight excluding hydrogens is 931 g/mol. The summed E-state index contributed by atoms with van der Waals surface area (Å²) in [5, 5.41) is 3.86. The zero-order chi connectivity index (χ0) is 46.0. The summed E-state index contributed by atoms with van der Waals surface area (Å²) in [7, 11) is 0.588. The third-order valence-corrected chi connectivity index (χ3v) is 41.5. The Morgan fingerprint density at radius 2 is 0.412 bits per heavy atom. The molecule has 6 heteroatoms. The Kier molecular flexibility index (Phi) is 24.5. The summed E-state index contributed by atoms with van der Waals surface area (Å²) in [6.45, 7) is 0.